The molecule has 2 unspecified atom stereocenters. The van der Waals surface area contributed by atoms with E-state index in [0.717, 1.165) is 32.4 Å². The van der Waals surface area contributed by atoms with Crippen LogP contribution in [0.3, 0.4) is 0 Å². The van der Waals surface area contributed by atoms with Gasteiger partial charge in [-0.1, -0.05) is 11.6 Å². The number of hydrogen-bond acceptors (Lipinski definition) is 7. The van der Waals surface area contributed by atoms with E-state index in [4.69, 9.17) is 18.9 Å². The van der Waals surface area contributed by atoms with E-state index in [1.54, 1.807) is 7.11 Å². The quantitative estimate of drug-likeness (QED) is 0.327. The van der Waals surface area contributed by atoms with Crippen LogP contribution in [0.15, 0.2) is 11.6 Å². The van der Waals surface area contributed by atoms with Gasteiger partial charge in [0.15, 0.2) is 0 Å². The van der Waals surface area contributed by atoms with Crippen LogP contribution in [0, 0.1) is 5.92 Å². The largest absolute Gasteiger partial charge is 0.459 e. The number of carbonyl (C=O) groups excluding carboxylic acids is 1. The van der Waals surface area contributed by atoms with Crippen molar-refractivity contribution in [1.82, 2.24) is 10.2 Å². The number of epoxide rings is 2. The molecule has 0 aromatic heterocycles. The fraction of sp³-hybridized carbons (Fsp3) is 0.870. The Morgan fingerprint density at radius 2 is 2.07 bits per heavy atom. The summed E-state index contributed by atoms with van der Waals surface area (Å²) in [6.07, 6.45) is 4.37. The first-order chi connectivity index (χ1) is 14.1. The van der Waals surface area contributed by atoms with Crippen molar-refractivity contribution in [3.8, 4) is 0 Å². The standard InChI is InChI=1S/C23H40N2O5/c1-15(2)8-9-18-22(4,30-18)21-20(27-7)17(10-11-23(21)14-28-23)29-19(26)12-24-16(3)13-25(5)6/h8,16-18,20-21,24H,9-14H2,1-7H3/t16?,17-,18?,20-,21-,22+,23+/m1/s1. The number of nitrogens with zero attached hydrogens (tertiary/aromatic N) is 1. The summed E-state index contributed by atoms with van der Waals surface area (Å²) in [6.45, 7) is 10.2. The number of rotatable bonds is 10. The third-order valence-corrected chi connectivity index (χ3v) is 6.75. The Hall–Kier alpha value is -0.990. The van der Waals surface area contributed by atoms with Crippen LogP contribution < -0.4 is 5.32 Å². The molecule has 1 N–H and O–H groups in total. The Balaban J connectivity index is 1.62. The molecule has 0 radical (unpaired) electrons. The molecule has 3 aliphatic rings. The van der Waals surface area contributed by atoms with Gasteiger partial charge in [-0.2, -0.15) is 0 Å². The van der Waals surface area contributed by atoms with Gasteiger partial charge in [0.05, 0.1) is 25.2 Å². The van der Waals surface area contributed by atoms with Gasteiger partial charge in [-0.25, -0.2) is 0 Å². The van der Waals surface area contributed by atoms with Crippen molar-refractivity contribution in [2.45, 2.75) is 82.5 Å². The minimum atomic E-state index is -0.313. The summed E-state index contributed by atoms with van der Waals surface area (Å²) in [5.74, 6) is -0.181. The van der Waals surface area contributed by atoms with Crippen LogP contribution >= 0.6 is 0 Å². The van der Waals surface area contributed by atoms with E-state index in [-0.39, 0.29) is 54.0 Å². The van der Waals surface area contributed by atoms with E-state index in [9.17, 15) is 4.79 Å². The van der Waals surface area contributed by atoms with E-state index < -0.39 is 0 Å². The van der Waals surface area contributed by atoms with Gasteiger partial charge in [0.2, 0.25) is 0 Å². The molecule has 7 nitrogen and oxygen atoms in total. The second kappa shape index (κ2) is 9.25. The summed E-state index contributed by atoms with van der Waals surface area (Å²) in [4.78, 5) is 14.6. The number of ether oxygens (including phenoxy) is 4. The number of nitrogens with one attached hydrogen (secondary N) is 1. The number of likely N-dealkylation sites (N-methyl/N-ethyl adjacent to an activating group) is 1. The smallest absolute Gasteiger partial charge is 0.320 e. The Morgan fingerprint density at radius 3 is 2.63 bits per heavy atom. The van der Waals surface area contributed by atoms with Crippen molar-refractivity contribution in [3.63, 3.8) is 0 Å². The molecule has 0 amide bonds. The molecule has 0 aromatic carbocycles. The lowest BCUT2D eigenvalue weighted by atomic mass is 9.68. The fourth-order valence-electron chi connectivity index (χ4n) is 5.15. The molecule has 7 heteroatoms. The molecular weight excluding hydrogens is 384 g/mol. The zero-order valence-corrected chi connectivity index (χ0v) is 19.7. The second-order valence-electron chi connectivity index (χ2n) is 9.95. The monoisotopic (exact) mass is 424 g/mol. The predicted molar refractivity (Wildman–Crippen MR) is 115 cm³/mol. The van der Waals surface area contributed by atoms with Crippen molar-refractivity contribution in [3.05, 3.63) is 11.6 Å². The van der Waals surface area contributed by atoms with Crippen LogP contribution in [0.25, 0.3) is 0 Å². The number of hydrogen-bond donors (Lipinski definition) is 1. The maximum Gasteiger partial charge on any atom is 0.320 e. The maximum atomic E-state index is 12.5. The summed E-state index contributed by atoms with van der Waals surface area (Å²) in [5.41, 5.74) is 0.781. The van der Waals surface area contributed by atoms with Crippen LogP contribution in [0.4, 0.5) is 0 Å². The van der Waals surface area contributed by atoms with Gasteiger partial charge >= 0.3 is 5.97 Å². The fourth-order valence-corrected chi connectivity index (χ4v) is 5.15. The molecule has 1 aliphatic carbocycles. The highest BCUT2D eigenvalue weighted by atomic mass is 16.6. The second-order valence-corrected chi connectivity index (χ2v) is 9.95. The summed E-state index contributed by atoms with van der Waals surface area (Å²) in [5, 5.41) is 3.24. The molecule has 1 saturated carbocycles. The van der Waals surface area contributed by atoms with Crippen LogP contribution in [0.5, 0.6) is 0 Å². The Labute approximate surface area is 181 Å². The van der Waals surface area contributed by atoms with Crippen molar-refractivity contribution >= 4 is 5.97 Å². The van der Waals surface area contributed by atoms with Gasteiger partial charge in [0.1, 0.15) is 23.4 Å². The predicted octanol–water partition coefficient (Wildman–Crippen LogP) is 2.15. The number of methoxy groups -OCH3 is 1. The van der Waals surface area contributed by atoms with E-state index in [2.05, 4.69) is 44.0 Å². The highest BCUT2D eigenvalue weighted by molar-refractivity contribution is 5.72. The molecule has 7 atom stereocenters. The third-order valence-electron chi connectivity index (χ3n) is 6.75. The normalized spacial score (nSPS) is 38.4. The van der Waals surface area contributed by atoms with E-state index in [1.807, 2.05) is 14.1 Å². The van der Waals surface area contributed by atoms with Gasteiger partial charge in [-0.15, -0.1) is 0 Å². The van der Waals surface area contributed by atoms with Gasteiger partial charge in [0.25, 0.3) is 0 Å². The Bertz CT molecular complexity index is 644. The van der Waals surface area contributed by atoms with Gasteiger partial charge < -0.3 is 29.2 Å². The first-order valence-corrected chi connectivity index (χ1v) is 11.2. The average molecular weight is 425 g/mol. The van der Waals surface area contributed by atoms with E-state index >= 15 is 0 Å². The molecule has 1 spiro atoms. The van der Waals surface area contributed by atoms with Crippen LogP contribution in [-0.2, 0) is 23.7 Å². The molecule has 30 heavy (non-hydrogen) atoms. The molecule has 2 saturated heterocycles. The molecule has 3 rings (SSSR count). The van der Waals surface area contributed by atoms with E-state index in [0.29, 0.717) is 0 Å². The lowest BCUT2D eigenvalue weighted by Crippen LogP contribution is -2.56. The van der Waals surface area contributed by atoms with Gasteiger partial charge in [-0.3, -0.25) is 4.79 Å². The number of allylic oxidation sites excluding steroid dienone is 1. The van der Waals surface area contributed by atoms with Crippen LogP contribution in [-0.4, -0.2) is 87.3 Å². The minimum absolute atomic E-state index is 0.0535. The van der Waals surface area contributed by atoms with Crippen molar-refractivity contribution in [1.29, 1.82) is 0 Å². The zero-order chi connectivity index (χ0) is 22.1. The Morgan fingerprint density at radius 1 is 1.37 bits per heavy atom. The maximum absolute atomic E-state index is 12.5. The first-order valence-electron chi connectivity index (χ1n) is 11.2. The minimum Gasteiger partial charge on any atom is -0.459 e. The summed E-state index contributed by atoms with van der Waals surface area (Å²) in [6, 6.07) is 0.211. The summed E-state index contributed by atoms with van der Waals surface area (Å²) in [7, 11) is 5.74. The molecule has 172 valence electrons. The van der Waals surface area contributed by atoms with Crippen molar-refractivity contribution < 1.29 is 23.7 Å². The van der Waals surface area contributed by atoms with Crippen molar-refractivity contribution in [2.24, 2.45) is 5.92 Å². The van der Waals surface area contributed by atoms with Gasteiger partial charge in [-0.05, 0) is 61.1 Å². The molecule has 2 aliphatic heterocycles. The SMILES string of the molecule is CO[C@@H]1[C@H](OC(=O)CNC(C)CN(C)C)CC[C@]2(CO2)[C@H]1[C@@]1(C)OC1CC=C(C)C. The van der Waals surface area contributed by atoms with Gasteiger partial charge in [0, 0.05) is 19.7 Å². The molecule has 0 bridgehead atoms. The topological polar surface area (TPSA) is 75.9 Å². The first kappa shape index (κ1) is 23.7. The number of esters is 1. The highest BCUT2D eigenvalue weighted by Gasteiger charge is 2.72. The van der Waals surface area contributed by atoms with Crippen LogP contribution in [0.1, 0.15) is 47.0 Å². The molecular formula is C23H40N2O5. The van der Waals surface area contributed by atoms with Crippen molar-refractivity contribution in [2.75, 3.05) is 40.9 Å². The molecule has 0 aromatic rings. The van der Waals surface area contributed by atoms with Crippen LogP contribution in [0.2, 0.25) is 0 Å². The molecule has 3 fully saturated rings. The summed E-state index contributed by atoms with van der Waals surface area (Å²) < 4.78 is 24.0. The Kier molecular flexibility index (Phi) is 7.30. The zero-order valence-electron chi connectivity index (χ0n) is 19.7. The lowest BCUT2D eigenvalue weighted by Gasteiger charge is -2.42. The highest BCUT2D eigenvalue weighted by Crippen LogP contribution is 2.59. The average Bonchev–Trinajstić information content (AvgIpc) is 3.57. The lowest BCUT2D eigenvalue weighted by molar-refractivity contribution is -0.171. The molecule has 2 heterocycles. The number of carbonyl (C=O) groups is 1. The third kappa shape index (κ3) is 5.25. The summed E-state index contributed by atoms with van der Waals surface area (Å²) >= 11 is 0. The van der Waals surface area contributed by atoms with E-state index in [1.165, 1.54) is 5.57 Å².